The van der Waals surface area contributed by atoms with Crippen molar-refractivity contribution in [3.05, 3.63) is 0 Å². The molecule has 3 N–H and O–H groups in total. The molecule has 0 amide bonds. The second-order valence-corrected chi connectivity index (χ2v) is 3.12. The van der Waals surface area contributed by atoms with E-state index in [9.17, 15) is 4.79 Å². The fourth-order valence-electron chi connectivity index (χ4n) is 0.961. The summed E-state index contributed by atoms with van der Waals surface area (Å²) < 4.78 is 0. The Morgan fingerprint density at radius 3 is 2.33 bits per heavy atom. The number of nitrogens with one attached hydrogen (secondary N) is 2. The van der Waals surface area contributed by atoms with Crippen molar-refractivity contribution >= 4 is 5.97 Å². The van der Waals surface area contributed by atoms with Gasteiger partial charge >= 0.3 is 5.97 Å². The third-order valence-corrected chi connectivity index (χ3v) is 1.67. The van der Waals surface area contributed by atoms with E-state index in [-0.39, 0.29) is 5.92 Å². The molecule has 0 aliphatic heterocycles. The predicted octanol–water partition coefficient (Wildman–Crippen LogP) is -0.0954. The molecule has 0 saturated heterocycles. The topological polar surface area (TPSA) is 61.4 Å². The summed E-state index contributed by atoms with van der Waals surface area (Å²) in [6.45, 7) is 5.26. The Labute approximate surface area is 73.3 Å². The number of likely N-dealkylation sites (N-methyl/N-ethyl adjacent to an activating group) is 1. The van der Waals surface area contributed by atoms with E-state index >= 15 is 0 Å². The molecule has 0 unspecified atom stereocenters. The van der Waals surface area contributed by atoms with Crippen LogP contribution in [0.4, 0.5) is 0 Å². The lowest BCUT2D eigenvalue weighted by Gasteiger charge is -2.17. The van der Waals surface area contributed by atoms with E-state index in [0.29, 0.717) is 6.54 Å². The smallest absolute Gasteiger partial charge is 0.320 e. The van der Waals surface area contributed by atoms with Gasteiger partial charge in [0.25, 0.3) is 0 Å². The quantitative estimate of drug-likeness (QED) is 0.492. The van der Waals surface area contributed by atoms with Crippen molar-refractivity contribution in [1.29, 1.82) is 0 Å². The largest absolute Gasteiger partial charge is 0.480 e. The van der Waals surface area contributed by atoms with Gasteiger partial charge in [-0.1, -0.05) is 13.8 Å². The van der Waals surface area contributed by atoms with Crippen LogP contribution < -0.4 is 10.6 Å². The first-order chi connectivity index (χ1) is 5.59. The monoisotopic (exact) mass is 174 g/mol. The highest BCUT2D eigenvalue weighted by atomic mass is 16.4. The van der Waals surface area contributed by atoms with Crippen molar-refractivity contribution in [2.75, 3.05) is 20.1 Å². The van der Waals surface area contributed by atoms with Crippen molar-refractivity contribution in [2.24, 2.45) is 5.92 Å². The maximum Gasteiger partial charge on any atom is 0.320 e. The zero-order valence-electron chi connectivity index (χ0n) is 7.92. The first kappa shape index (κ1) is 11.4. The number of aliphatic carboxylic acids is 1. The molecule has 72 valence electrons. The zero-order chi connectivity index (χ0) is 9.56. The fraction of sp³-hybridized carbons (Fsp3) is 0.875. The third-order valence-electron chi connectivity index (χ3n) is 1.67. The van der Waals surface area contributed by atoms with E-state index in [2.05, 4.69) is 10.6 Å². The lowest BCUT2D eigenvalue weighted by atomic mass is 10.1. The lowest BCUT2D eigenvalue weighted by molar-refractivity contribution is -0.140. The molecule has 0 aromatic rings. The van der Waals surface area contributed by atoms with E-state index in [1.165, 1.54) is 0 Å². The molecule has 4 nitrogen and oxygen atoms in total. The maximum atomic E-state index is 10.7. The van der Waals surface area contributed by atoms with Gasteiger partial charge in [-0.3, -0.25) is 4.79 Å². The standard InChI is InChI=1S/C8H18N2O2/c1-6(2)7(8(11)12)10-5-4-9-3/h6-7,9-10H,4-5H2,1-3H3,(H,11,12)/t7-/m0/s1. The minimum atomic E-state index is -0.777. The first-order valence-corrected chi connectivity index (χ1v) is 4.20. The van der Waals surface area contributed by atoms with Crippen molar-refractivity contribution < 1.29 is 9.90 Å². The molecule has 0 aromatic carbocycles. The van der Waals surface area contributed by atoms with Crippen LogP contribution in [0.3, 0.4) is 0 Å². The van der Waals surface area contributed by atoms with Gasteiger partial charge in [-0.15, -0.1) is 0 Å². The molecule has 0 fully saturated rings. The minimum Gasteiger partial charge on any atom is -0.480 e. The van der Waals surface area contributed by atoms with Crippen LogP contribution in [-0.4, -0.2) is 37.3 Å². The number of carbonyl (C=O) groups is 1. The van der Waals surface area contributed by atoms with E-state index in [4.69, 9.17) is 5.11 Å². The summed E-state index contributed by atoms with van der Waals surface area (Å²) >= 11 is 0. The van der Waals surface area contributed by atoms with E-state index in [1.807, 2.05) is 20.9 Å². The number of carboxylic acid groups (broad SMARTS) is 1. The SMILES string of the molecule is CNCCN[C@H](C(=O)O)C(C)C. The van der Waals surface area contributed by atoms with Gasteiger partial charge in [0.2, 0.25) is 0 Å². The van der Waals surface area contributed by atoms with Crippen LogP contribution in [0.2, 0.25) is 0 Å². The van der Waals surface area contributed by atoms with Gasteiger partial charge in [0.1, 0.15) is 6.04 Å². The van der Waals surface area contributed by atoms with Crippen molar-refractivity contribution in [3.63, 3.8) is 0 Å². The summed E-state index contributed by atoms with van der Waals surface area (Å²) in [4.78, 5) is 10.7. The molecule has 0 saturated carbocycles. The molecule has 0 aliphatic rings. The molecule has 4 heteroatoms. The molecule has 12 heavy (non-hydrogen) atoms. The highest BCUT2D eigenvalue weighted by Gasteiger charge is 2.19. The molecule has 0 bridgehead atoms. The summed E-state index contributed by atoms with van der Waals surface area (Å²) in [6.07, 6.45) is 0. The van der Waals surface area contributed by atoms with E-state index < -0.39 is 12.0 Å². The maximum absolute atomic E-state index is 10.7. The summed E-state index contributed by atoms with van der Waals surface area (Å²) in [5.74, 6) is -0.652. The van der Waals surface area contributed by atoms with Crippen LogP contribution in [0.5, 0.6) is 0 Å². The second-order valence-electron chi connectivity index (χ2n) is 3.12. The van der Waals surface area contributed by atoms with Crippen molar-refractivity contribution in [2.45, 2.75) is 19.9 Å². The average molecular weight is 174 g/mol. The van der Waals surface area contributed by atoms with Crippen LogP contribution in [0.25, 0.3) is 0 Å². The normalized spacial score (nSPS) is 13.3. The van der Waals surface area contributed by atoms with Crippen LogP contribution in [-0.2, 0) is 4.79 Å². The molecular formula is C8H18N2O2. The van der Waals surface area contributed by atoms with Crippen LogP contribution >= 0.6 is 0 Å². The van der Waals surface area contributed by atoms with Crippen LogP contribution in [0.1, 0.15) is 13.8 Å². The van der Waals surface area contributed by atoms with Gasteiger partial charge in [-0.25, -0.2) is 0 Å². The molecule has 0 aromatic heterocycles. The van der Waals surface area contributed by atoms with Gasteiger partial charge in [-0.2, -0.15) is 0 Å². The van der Waals surface area contributed by atoms with Crippen molar-refractivity contribution in [3.8, 4) is 0 Å². The molecule has 1 atom stereocenters. The van der Waals surface area contributed by atoms with Crippen molar-refractivity contribution in [1.82, 2.24) is 10.6 Å². The van der Waals surface area contributed by atoms with Gasteiger partial charge in [0, 0.05) is 13.1 Å². The molecule has 0 radical (unpaired) electrons. The highest BCUT2D eigenvalue weighted by molar-refractivity contribution is 5.73. The Morgan fingerprint density at radius 2 is 2.00 bits per heavy atom. The van der Waals surface area contributed by atoms with Gasteiger partial charge in [0.05, 0.1) is 0 Å². The Hall–Kier alpha value is -0.610. The summed E-state index contributed by atoms with van der Waals surface area (Å²) in [5, 5.41) is 14.7. The highest BCUT2D eigenvalue weighted by Crippen LogP contribution is 2.00. The average Bonchev–Trinajstić information content (AvgIpc) is 1.96. The molecular weight excluding hydrogens is 156 g/mol. The van der Waals surface area contributed by atoms with Crippen LogP contribution in [0, 0.1) is 5.92 Å². The number of hydrogen-bond acceptors (Lipinski definition) is 3. The molecule has 0 rings (SSSR count). The number of carboxylic acids is 1. The van der Waals surface area contributed by atoms with E-state index in [0.717, 1.165) is 6.54 Å². The fourth-order valence-corrected chi connectivity index (χ4v) is 0.961. The Bertz CT molecular complexity index is 137. The van der Waals surface area contributed by atoms with Gasteiger partial charge in [0.15, 0.2) is 0 Å². The zero-order valence-corrected chi connectivity index (χ0v) is 7.92. The molecule has 0 spiro atoms. The minimum absolute atomic E-state index is 0.124. The summed E-state index contributed by atoms with van der Waals surface area (Å²) in [7, 11) is 1.84. The van der Waals surface area contributed by atoms with Crippen LogP contribution in [0.15, 0.2) is 0 Å². The Morgan fingerprint density at radius 1 is 1.42 bits per heavy atom. The second kappa shape index (κ2) is 5.97. The Kier molecular flexibility index (Phi) is 5.66. The number of rotatable bonds is 6. The third kappa shape index (κ3) is 4.31. The molecule has 0 aliphatic carbocycles. The lowest BCUT2D eigenvalue weighted by Crippen LogP contribution is -2.43. The first-order valence-electron chi connectivity index (χ1n) is 4.20. The Balaban J connectivity index is 3.72. The van der Waals surface area contributed by atoms with E-state index in [1.54, 1.807) is 0 Å². The predicted molar refractivity (Wildman–Crippen MR) is 48.2 cm³/mol. The summed E-state index contributed by atoms with van der Waals surface area (Å²) in [6, 6.07) is -0.432. The molecule has 0 heterocycles. The number of hydrogen-bond donors (Lipinski definition) is 3. The van der Waals surface area contributed by atoms with Gasteiger partial charge in [-0.05, 0) is 13.0 Å². The van der Waals surface area contributed by atoms with Gasteiger partial charge < -0.3 is 15.7 Å². The summed E-state index contributed by atoms with van der Waals surface area (Å²) in [5.41, 5.74) is 0.